The monoisotopic (exact) mass is 347 g/mol. The topological polar surface area (TPSA) is 68.0 Å². The van der Waals surface area contributed by atoms with E-state index in [1.807, 2.05) is 66.0 Å². The molecule has 4 aromatic rings. The molecule has 4 rings (SSSR count). The van der Waals surface area contributed by atoms with Crippen LogP contribution in [0.5, 0.6) is 0 Å². The minimum absolute atomic E-state index is 0.126. The summed E-state index contributed by atoms with van der Waals surface area (Å²) in [6, 6.07) is 19.1. The zero-order chi connectivity index (χ0) is 17.1. The van der Waals surface area contributed by atoms with E-state index in [1.165, 1.54) is 17.7 Å². The van der Waals surface area contributed by atoms with Gasteiger partial charge in [-0.15, -0.1) is 21.5 Å². The van der Waals surface area contributed by atoms with Crippen LogP contribution in [-0.2, 0) is 0 Å². The number of carbonyl (C=O) groups is 1. The highest BCUT2D eigenvalue weighted by molar-refractivity contribution is 7.12. The van der Waals surface area contributed by atoms with Gasteiger partial charge >= 0.3 is 0 Å². The average Bonchev–Trinajstić information content (AvgIpc) is 3.35. The van der Waals surface area contributed by atoms with Gasteiger partial charge in [-0.1, -0.05) is 30.3 Å². The molecule has 0 aliphatic rings. The highest BCUT2D eigenvalue weighted by Gasteiger charge is 2.15. The Morgan fingerprint density at radius 3 is 2.48 bits per heavy atom. The Hall–Kier alpha value is -3.25. The van der Waals surface area contributed by atoms with Crippen molar-refractivity contribution in [1.82, 2.24) is 10.2 Å². The molecule has 0 bridgehead atoms. The summed E-state index contributed by atoms with van der Waals surface area (Å²) in [5.74, 6) is 0.321. The number of carbonyl (C=O) groups excluding carboxylic acids is 1. The van der Waals surface area contributed by atoms with Gasteiger partial charge in [-0.05, 0) is 41.3 Å². The molecule has 0 saturated heterocycles. The number of aromatic nitrogens is 2. The number of benzene rings is 2. The molecule has 1 N–H and O–H groups in total. The molecular formula is C19H13N3O2S. The lowest BCUT2D eigenvalue weighted by molar-refractivity contribution is 0.103. The van der Waals surface area contributed by atoms with Crippen LogP contribution in [0, 0.1) is 0 Å². The van der Waals surface area contributed by atoms with Gasteiger partial charge in [0.2, 0.25) is 12.3 Å². The SMILES string of the molecule is O=C(Nc1ccc(-c2nnco2)cc1)c1sccc1-c1ccccc1. The maximum atomic E-state index is 12.6. The van der Waals surface area contributed by atoms with Crippen LogP contribution in [0.2, 0.25) is 0 Å². The van der Waals surface area contributed by atoms with E-state index in [2.05, 4.69) is 15.5 Å². The Labute approximate surface area is 148 Å². The molecule has 0 aliphatic carbocycles. The van der Waals surface area contributed by atoms with Crippen molar-refractivity contribution in [3.8, 4) is 22.6 Å². The Bertz CT molecular complexity index is 977. The van der Waals surface area contributed by atoms with Crippen molar-refractivity contribution in [2.45, 2.75) is 0 Å². The van der Waals surface area contributed by atoms with Gasteiger partial charge in [-0.25, -0.2) is 0 Å². The summed E-state index contributed by atoms with van der Waals surface area (Å²) in [5.41, 5.74) is 3.48. The number of amides is 1. The number of hydrogen-bond acceptors (Lipinski definition) is 5. The van der Waals surface area contributed by atoms with Gasteiger partial charge < -0.3 is 9.73 Å². The minimum atomic E-state index is -0.126. The quantitative estimate of drug-likeness (QED) is 0.580. The summed E-state index contributed by atoms with van der Waals surface area (Å²) in [5, 5.41) is 12.4. The molecule has 0 fully saturated rings. The molecule has 0 unspecified atom stereocenters. The van der Waals surface area contributed by atoms with E-state index in [0.717, 1.165) is 16.7 Å². The third-order valence-corrected chi connectivity index (χ3v) is 4.62. The van der Waals surface area contributed by atoms with Crippen molar-refractivity contribution in [2.24, 2.45) is 0 Å². The minimum Gasteiger partial charge on any atom is -0.423 e. The van der Waals surface area contributed by atoms with E-state index in [9.17, 15) is 4.79 Å². The predicted molar refractivity (Wildman–Crippen MR) is 97.4 cm³/mol. The van der Waals surface area contributed by atoms with Gasteiger partial charge in [-0.2, -0.15) is 0 Å². The first-order chi connectivity index (χ1) is 12.3. The molecule has 0 saturated carbocycles. The molecule has 2 aromatic heterocycles. The lowest BCUT2D eigenvalue weighted by atomic mass is 10.1. The van der Waals surface area contributed by atoms with Crippen LogP contribution < -0.4 is 5.32 Å². The van der Waals surface area contributed by atoms with Gasteiger partial charge in [0.15, 0.2) is 0 Å². The molecule has 0 radical (unpaired) electrons. The average molecular weight is 347 g/mol. The summed E-state index contributed by atoms with van der Waals surface area (Å²) < 4.78 is 5.16. The number of rotatable bonds is 4. The van der Waals surface area contributed by atoms with Crippen LogP contribution in [0.4, 0.5) is 5.69 Å². The van der Waals surface area contributed by atoms with Crippen molar-refractivity contribution in [2.75, 3.05) is 5.32 Å². The summed E-state index contributed by atoms with van der Waals surface area (Å²) in [6.07, 6.45) is 1.28. The first-order valence-electron chi connectivity index (χ1n) is 7.62. The third kappa shape index (κ3) is 3.20. The van der Waals surface area contributed by atoms with Gasteiger partial charge in [0.25, 0.3) is 5.91 Å². The Morgan fingerprint density at radius 1 is 0.960 bits per heavy atom. The van der Waals surface area contributed by atoms with Crippen molar-refractivity contribution < 1.29 is 9.21 Å². The smallest absolute Gasteiger partial charge is 0.266 e. The molecule has 0 atom stereocenters. The van der Waals surface area contributed by atoms with Crippen molar-refractivity contribution >= 4 is 22.9 Å². The third-order valence-electron chi connectivity index (χ3n) is 3.71. The Morgan fingerprint density at radius 2 is 1.76 bits per heavy atom. The fourth-order valence-electron chi connectivity index (χ4n) is 2.51. The molecule has 0 spiro atoms. The molecule has 5 nitrogen and oxygen atoms in total. The molecular weight excluding hydrogens is 334 g/mol. The van der Waals surface area contributed by atoms with E-state index in [-0.39, 0.29) is 5.91 Å². The fraction of sp³-hybridized carbons (Fsp3) is 0. The highest BCUT2D eigenvalue weighted by Crippen LogP contribution is 2.29. The van der Waals surface area contributed by atoms with Crippen LogP contribution in [0.25, 0.3) is 22.6 Å². The molecule has 25 heavy (non-hydrogen) atoms. The van der Waals surface area contributed by atoms with E-state index in [4.69, 9.17) is 4.42 Å². The maximum absolute atomic E-state index is 12.6. The number of nitrogens with zero attached hydrogens (tertiary/aromatic N) is 2. The summed E-state index contributed by atoms with van der Waals surface area (Å²) in [7, 11) is 0. The second kappa shape index (κ2) is 6.70. The standard InChI is InChI=1S/C19H13N3O2S/c23-18(17-16(10-11-25-17)13-4-2-1-3-5-13)21-15-8-6-14(7-9-15)19-22-20-12-24-19/h1-12H,(H,21,23). The van der Waals surface area contributed by atoms with Crippen LogP contribution in [0.1, 0.15) is 9.67 Å². The first kappa shape index (κ1) is 15.3. The lowest BCUT2D eigenvalue weighted by Gasteiger charge is -2.07. The van der Waals surface area contributed by atoms with Gasteiger partial charge in [0.05, 0.1) is 4.88 Å². The predicted octanol–water partition coefficient (Wildman–Crippen LogP) is 4.72. The zero-order valence-corrected chi connectivity index (χ0v) is 13.9. The normalized spacial score (nSPS) is 10.6. The Balaban J connectivity index is 1.54. The van der Waals surface area contributed by atoms with Crippen LogP contribution in [0.3, 0.4) is 0 Å². The summed E-state index contributed by atoms with van der Waals surface area (Å²) in [4.78, 5) is 13.3. The molecule has 2 aromatic carbocycles. The van der Waals surface area contributed by atoms with Gasteiger partial charge in [0, 0.05) is 16.8 Å². The summed E-state index contributed by atoms with van der Waals surface area (Å²) in [6.45, 7) is 0. The lowest BCUT2D eigenvalue weighted by Crippen LogP contribution is -2.11. The van der Waals surface area contributed by atoms with E-state index in [0.29, 0.717) is 16.5 Å². The summed E-state index contributed by atoms with van der Waals surface area (Å²) >= 11 is 1.43. The first-order valence-corrected chi connectivity index (χ1v) is 8.50. The molecule has 0 aliphatic heterocycles. The van der Waals surface area contributed by atoms with Crippen LogP contribution in [-0.4, -0.2) is 16.1 Å². The van der Waals surface area contributed by atoms with Crippen LogP contribution >= 0.6 is 11.3 Å². The van der Waals surface area contributed by atoms with E-state index in [1.54, 1.807) is 0 Å². The number of anilines is 1. The molecule has 2 heterocycles. The van der Waals surface area contributed by atoms with Gasteiger partial charge in [-0.3, -0.25) is 4.79 Å². The highest BCUT2D eigenvalue weighted by atomic mass is 32.1. The van der Waals surface area contributed by atoms with E-state index < -0.39 is 0 Å². The Kier molecular flexibility index (Phi) is 4.10. The van der Waals surface area contributed by atoms with E-state index >= 15 is 0 Å². The number of thiophene rings is 1. The fourth-order valence-corrected chi connectivity index (χ4v) is 3.32. The van der Waals surface area contributed by atoms with Crippen LogP contribution in [0.15, 0.2) is 76.9 Å². The van der Waals surface area contributed by atoms with Crippen molar-refractivity contribution in [3.63, 3.8) is 0 Å². The van der Waals surface area contributed by atoms with Gasteiger partial charge in [0.1, 0.15) is 0 Å². The molecule has 122 valence electrons. The maximum Gasteiger partial charge on any atom is 0.266 e. The second-order valence-electron chi connectivity index (χ2n) is 5.30. The molecule has 6 heteroatoms. The zero-order valence-electron chi connectivity index (χ0n) is 13.0. The molecule has 1 amide bonds. The van der Waals surface area contributed by atoms with Crippen molar-refractivity contribution in [3.05, 3.63) is 77.3 Å². The second-order valence-corrected chi connectivity index (χ2v) is 6.22. The number of hydrogen-bond donors (Lipinski definition) is 1. The number of nitrogens with one attached hydrogen (secondary N) is 1. The van der Waals surface area contributed by atoms with Crippen molar-refractivity contribution in [1.29, 1.82) is 0 Å². The largest absolute Gasteiger partial charge is 0.423 e.